The third-order valence-corrected chi connectivity index (χ3v) is 3.48. The largest absolute Gasteiger partial charge is 0.489 e. The van der Waals surface area contributed by atoms with Gasteiger partial charge in [0.15, 0.2) is 0 Å². The molecule has 0 aliphatic carbocycles. The van der Waals surface area contributed by atoms with Gasteiger partial charge in [-0.2, -0.15) is 0 Å². The van der Waals surface area contributed by atoms with Crippen LogP contribution in [0.25, 0.3) is 0 Å². The average molecular weight is 287 g/mol. The second kappa shape index (κ2) is 7.23. The predicted molar refractivity (Wildman–Crippen MR) is 83.9 cm³/mol. The summed E-state index contributed by atoms with van der Waals surface area (Å²) < 4.78 is 19.3. The van der Waals surface area contributed by atoms with Gasteiger partial charge in [0.1, 0.15) is 18.2 Å². The Kier molecular flexibility index (Phi) is 5.34. The second-order valence-corrected chi connectivity index (χ2v) is 5.44. The fourth-order valence-corrected chi connectivity index (χ4v) is 2.12. The first-order valence-corrected chi connectivity index (χ1v) is 7.30. The Labute approximate surface area is 125 Å². The minimum atomic E-state index is -0.283. The molecule has 2 aromatic carbocycles. The normalized spacial score (nSPS) is 12.2. The van der Waals surface area contributed by atoms with Gasteiger partial charge in [-0.1, -0.05) is 36.8 Å². The number of benzene rings is 2. The van der Waals surface area contributed by atoms with E-state index in [0.717, 1.165) is 17.5 Å². The Morgan fingerprint density at radius 2 is 1.81 bits per heavy atom. The van der Waals surface area contributed by atoms with Crippen molar-refractivity contribution < 1.29 is 9.13 Å². The molecule has 1 unspecified atom stereocenters. The van der Waals surface area contributed by atoms with Crippen LogP contribution in [0.3, 0.4) is 0 Å². The second-order valence-electron chi connectivity index (χ2n) is 5.44. The molecule has 0 aliphatic heterocycles. The van der Waals surface area contributed by atoms with Gasteiger partial charge in [0, 0.05) is 12.1 Å². The van der Waals surface area contributed by atoms with Crippen molar-refractivity contribution in [2.24, 2.45) is 5.73 Å². The highest BCUT2D eigenvalue weighted by atomic mass is 19.1. The molecule has 2 rings (SSSR count). The van der Waals surface area contributed by atoms with E-state index in [1.165, 1.54) is 17.7 Å². The van der Waals surface area contributed by atoms with Crippen molar-refractivity contribution >= 4 is 0 Å². The van der Waals surface area contributed by atoms with E-state index >= 15 is 0 Å². The van der Waals surface area contributed by atoms with Gasteiger partial charge in [-0.25, -0.2) is 4.39 Å². The Balaban J connectivity index is 2.04. The van der Waals surface area contributed by atoms with E-state index in [2.05, 4.69) is 0 Å². The summed E-state index contributed by atoms with van der Waals surface area (Å²) in [5.74, 6) is 0.267. The number of hydrogen-bond acceptors (Lipinski definition) is 2. The van der Waals surface area contributed by atoms with Crippen molar-refractivity contribution in [1.82, 2.24) is 0 Å². The molecule has 0 radical (unpaired) electrons. The van der Waals surface area contributed by atoms with Crippen molar-refractivity contribution in [2.75, 3.05) is 0 Å². The fourth-order valence-electron chi connectivity index (χ4n) is 2.12. The molecule has 2 N–H and O–H groups in total. The third-order valence-electron chi connectivity index (χ3n) is 3.48. The van der Waals surface area contributed by atoms with Crippen LogP contribution in [0.1, 0.15) is 30.0 Å². The molecular formula is C18H22FNO. The lowest BCUT2D eigenvalue weighted by Gasteiger charge is -2.12. The number of ether oxygens (including phenoxy) is 1. The molecule has 3 heteroatoms. The maximum atomic E-state index is 13.6. The summed E-state index contributed by atoms with van der Waals surface area (Å²) in [6.45, 7) is 4.50. The van der Waals surface area contributed by atoms with E-state index in [1.807, 2.05) is 44.2 Å². The summed E-state index contributed by atoms with van der Waals surface area (Å²) >= 11 is 0. The van der Waals surface area contributed by atoms with Crippen LogP contribution in [-0.2, 0) is 13.0 Å². The number of halogens is 1. The van der Waals surface area contributed by atoms with Crippen LogP contribution in [-0.4, -0.2) is 6.04 Å². The van der Waals surface area contributed by atoms with E-state index in [4.69, 9.17) is 10.5 Å². The summed E-state index contributed by atoms with van der Waals surface area (Å²) in [5.41, 5.74) is 9.07. The lowest BCUT2D eigenvalue weighted by molar-refractivity contribution is 0.304. The smallest absolute Gasteiger partial charge is 0.127 e. The SMILES string of the molecule is CCC(N)Cc1cc(F)cc(OCc2ccc(C)cc2)c1. The van der Waals surface area contributed by atoms with Gasteiger partial charge in [-0.3, -0.25) is 0 Å². The first kappa shape index (κ1) is 15.5. The maximum Gasteiger partial charge on any atom is 0.127 e. The fraction of sp³-hybridized carbons (Fsp3) is 0.333. The highest BCUT2D eigenvalue weighted by Gasteiger charge is 2.06. The first-order chi connectivity index (χ1) is 10.1. The van der Waals surface area contributed by atoms with Gasteiger partial charge in [-0.05, 0) is 43.0 Å². The van der Waals surface area contributed by atoms with Gasteiger partial charge in [0.05, 0.1) is 0 Å². The molecule has 0 amide bonds. The molecular weight excluding hydrogens is 265 g/mol. The molecule has 0 aliphatic rings. The highest BCUT2D eigenvalue weighted by Crippen LogP contribution is 2.19. The van der Waals surface area contributed by atoms with Crippen molar-refractivity contribution in [3.63, 3.8) is 0 Å². The molecule has 0 saturated heterocycles. The third kappa shape index (κ3) is 4.87. The van der Waals surface area contributed by atoms with E-state index in [0.29, 0.717) is 18.8 Å². The topological polar surface area (TPSA) is 35.2 Å². The van der Waals surface area contributed by atoms with Crippen molar-refractivity contribution in [3.05, 3.63) is 65.0 Å². The van der Waals surface area contributed by atoms with E-state index in [1.54, 1.807) is 0 Å². The van der Waals surface area contributed by atoms with Gasteiger partial charge >= 0.3 is 0 Å². The molecule has 0 saturated carbocycles. The quantitative estimate of drug-likeness (QED) is 0.871. The maximum absolute atomic E-state index is 13.6. The average Bonchev–Trinajstić information content (AvgIpc) is 2.46. The van der Waals surface area contributed by atoms with Crippen LogP contribution < -0.4 is 10.5 Å². The molecule has 0 bridgehead atoms. The summed E-state index contributed by atoms with van der Waals surface area (Å²) in [6, 6.07) is 13.0. The molecule has 21 heavy (non-hydrogen) atoms. The van der Waals surface area contributed by atoms with Gasteiger partial charge in [0.2, 0.25) is 0 Å². The summed E-state index contributed by atoms with van der Waals surface area (Å²) in [4.78, 5) is 0. The molecule has 112 valence electrons. The van der Waals surface area contributed by atoms with Crippen LogP contribution in [0.4, 0.5) is 4.39 Å². The zero-order chi connectivity index (χ0) is 15.2. The molecule has 0 spiro atoms. The van der Waals surface area contributed by atoms with E-state index in [9.17, 15) is 4.39 Å². The van der Waals surface area contributed by atoms with Crippen molar-refractivity contribution in [2.45, 2.75) is 39.3 Å². The van der Waals surface area contributed by atoms with Crippen LogP contribution in [0.5, 0.6) is 5.75 Å². The summed E-state index contributed by atoms with van der Waals surface area (Å²) in [5, 5.41) is 0. The first-order valence-electron chi connectivity index (χ1n) is 7.30. The molecule has 2 nitrogen and oxygen atoms in total. The minimum absolute atomic E-state index is 0.0525. The number of aryl methyl sites for hydroxylation is 1. The van der Waals surface area contributed by atoms with Crippen molar-refractivity contribution in [1.29, 1.82) is 0 Å². The summed E-state index contributed by atoms with van der Waals surface area (Å²) in [6.07, 6.45) is 1.53. The monoisotopic (exact) mass is 287 g/mol. The highest BCUT2D eigenvalue weighted by molar-refractivity contribution is 5.31. The van der Waals surface area contributed by atoms with E-state index in [-0.39, 0.29) is 11.9 Å². The van der Waals surface area contributed by atoms with Crippen molar-refractivity contribution in [3.8, 4) is 5.75 Å². The van der Waals surface area contributed by atoms with Gasteiger partial charge in [-0.15, -0.1) is 0 Å². The standard InChI is InChI=1S/C18H22FNO/c1-3-17(20)9-15-8-16(19)11-18(10-15)21-12-14-6-4-13(2)5-7-14/h4-8,10-11,17H,3,9,12,20H2,1-2H3. The Morgan fingerprint density at radius 1 is 1.10 bits per heavy atom. The lowest BCUT2D eigenvalue weighted by atomic mass is 10.0. The Morgan fingerprint density at radius 3 is 2.48 bits per heavy atom. The Bertz CT molecular complexity index is 580. The van der Waals surface area contributed by atoms with Crippen LogP contribution in [0.2, 0.25) is 0 Å². The molecule has 0 fully saturated rings. The molecule has 1 atom stereocenters. The van der Waals surface area contributed by atoms with E-state index < -0.39 is 0 Å². The minimum Gasteiger partial charge on any atom is -0.489 e. The number of nitrogens with two attached hydrogens (primary N) is 1. The Hall–Kier alpha value is -1.87. The van der Waals surface area contributed by atoms with Crippen LogP contribution in [0, 0.1) is 12.7 Å². The summed E-state index contributed by atoms with van der Waals surface area (Å²) in [7, 11) is 0. The molecule has 2 aromatic rings. The molecule has 0 heterocycles. The predicted octanol–water partition coefficient (Wildman–Crippen LogP) is 3.99. The molecule has 0 aromatic heterocycles. The van der Waals surface area contributed by atoms with Crippen LogP contribution in [0.15, 0.2) is 42.5 Å². The number of hydrogen-bond donors (Lipinski definition) is 1. The lowest BCUT2D eigenvalue weighted by Crippen LogP contribution is -2.21. The van der Waals surface area contributed by atoms with Crippen LogP contribution >= 0.6 is 0 Å². The number of rotatable bonds is 6. The zero-order valence-corrected chi connectivity index (χ0v) is 12.6. The van der Waals surface area contributed by atoms with Gasteiger partial charge in [0.25, 0.3) is 0 Å². The van der Waals surface area contributed by atoms with Gasteiger partial charge < -0.3 is 10.5 Å². The zero-order valence-electron chi connectivity index (χ0n) is 12.6.